The smallest absolute Gasteiger partial charge is 0.244 e. The number of halogens is 2. The van der Waals surface area contributed by atoms with E-state index in [0.29, 0.717) is 5.69 Å². The summed E-state index contributed by atoms with van der Waals surface area (Å²) in [5.41, 5.74) is 1.24. The Balaban J connectivity index is 1.80. The van der Waals surface area contributed by atoms with Gasteiger partial charge >= 0.3 is 0 Å². The third-order valence-electron chi connectivity index (χ3n) is 2.85. The van der Waals surface area contributed by atoms with Crippen LogP contribution in [0.1, 0.15) is 5.56 Å². The summed E-state index contributed by atoms with van der Waals surface area (Å²) >= 11 is 5.62. The van der Waals surface area contributed by atoms with E-state index in [-0.39, 0.29) is 17.5 Å². The van der Waals surface area contributed by atoms with Crippen molar-refractivity contribution in [1.82, 2.24) is 5.32 Å². The van der Waals surface area contributed by atoms with Gasteiger partial charge < -0.3 is 10.6 Å². The van der Waals surface area contributed by atoms with Crippen molar-refractivity contribution in [3.8, 4) is 0 Å². The first-order chi connectivity index (χ1) is 11.0. The molecule has 0 aliphatic heterocycles. The van der Waals surface area contributed by atoms with E-state index >= 15 is 0 Å². The highest BCUT2D eigenvalue weighted by Gasteiger charge is 2.06. The second kappa shape index (κ2) is 8.10. The van der Waals surface area contributed by atoms with Crippen LogP contribution in [0.2, 0.25) is 5.02 Å². The molecule has 0 aliphatic rings. The van der Waals surface area contributed by atoms with Gasteiger partial charge in [0.1, 0.15) is 5.82 Å². The Kier molecular flexibility index (Phi) is 5.88. The van der Waals surface area contributed by atoms with Gasteiger partial charge in [-0.25, -0.2) is 4.39 Å². The Morgan fingerprint density at radius 1 is 1.13 bits per heavy atom. The molecule has 0 unspecified atom stereocenters. The van der Waals surface area contributed by atoms with Crippen molar-refractivity contribution in [2.45, 2.75) is 0 Å². The van der Waals surface area contributed by atoms with E-state index in [1.54, 1.807) is 6.08 Å². The Morgan fingerprint density at radius 3 is 2.57 bits per heavy atom. The monoisotopic (exact) mass is 332 g/mol. The zero-order valence-corrected chi connectivity index (χ0v) is 12.8. The lowest BCUT2D eigenvalue weighted by Crippen LogP contribution is -2.31. The predicted octanol–water partition coefficient (Wildman–Crippen LogP) is 3.25. The number of hydrogen-bond donors (Lipinski definition) is 2. The van der Waals surface area contributed by atoms with Gasteiger partial charge in [-0.15, -0.1) is 0 Å². The first kappa shape index (κ1) is 16.7. The highest BCUT2D eigenvalue weighted by molar-refractivity contribution is 6.31. The average Bonchev–Trinajstić information content (AvgIpc) is 2.55. The molecular weight excluding hydrogens is 319 g/mol. The van der Waals surface area contributed by atoms with Crippen LogP contribution in [-0.2, 0) is 9.59 Å². The van der Waals surface area contributed by atoms with Crippen LogP contribution >= 0.6 is 11.6 Å². The molecule has 0 saturated carbocycles. The number of amides is 2. The SMILES string of the molecule is O=C(C=Cc1ccccc1)NCC(=O)Nc1ccc(F)c(Cl)c1. The summed E-state index contributed by atoms with van der Waals surface area (Å²) in [6.07, 6.45) is 2.99. The maximum atomic E-state index is 13.0. The molecule has 2 N–H and O–H groups in total. The van der Waals surface area contributed by atoms with Gasteiger partial charge in [-0.05, 0) is 29.8 Å². The van der Waals surface area contributed by atoms with Crippen molar-refractivity contribution in [2.24, 2.45) is 0 Å². The van der Waals surface area contributed by atoms with Gasteiger partial charge in [-0.2, -0.15) is 0 Å². The minimum Gasteiger partial charge on any atom is -0.343 e. The number of carbonyl (C=O) groups is 2. The molecule has 0 bridgehead atoms. The van der Waals surface area contributed by atoms with Gasteiger partial charge in [0.2, 0.25) is 11.8 Å². The van der Waals surface area contributed by atoms with Crippen LogP contribution in [0.3, 0.4) is 0 Å². The molecular formula is C17H14ClFN2O2. The topological polar surface area (TPSA) is 58.2 Å². The van der Waals surface area contributed by atoms with E-state index in [9.17, 15) is 14.0 Å². The van der Waals surface area contributed by atoms with Crippen molar-refractivity contribution in [1.29, 1.82) is 0 Å². The summed E-state index contributed by atoms with van der Waals surface area (Å²) in [5.74, 6) is -1.39. The number of nitrogens with one attached hydrogen (secondary N) is 2. The number of benzene rings is 2. The van der Waals surface area contributed by atoms with Gasteiger partial charge in [-0.3, -0.25) is 9.59 Å². The van der Waals surface area contributed by atoms with E-state index in [4.69, 9.17) is 11.6 Å². The van der Waals surface area contributed by atoms with Crippen LogP contribution in [0.5, 0.6) is 0 Å². The van der Waals surface area contributed by atoms with Crippen molar-refractivity contribution in [2.75, 3.05) is 11.9 Å². The zero-order chi connectivity index (χ0) is 16.7. The molecule has 2 aromatic carbocycles. The number of anilines is 1. The summed E-state index contributed by atoms with van der Waals surface area (Å²) in [4.78, 5) is 23.3. The molecule has 2 aromatic rings. The van der Waals surface area contributed by atoms with Crippen molar-refractivity contribution in [3.05, 3.63) is 71.0 Å². The van der Waals surface area contributed by atoms with Crippen molar-refractivity contribution >= 4 is 35.2 Å². The first-order valence-corrected chi connectivity index (χ1v) is 7.18. The highest BCUT2D eigenvalue weighted by Crippen LogP contribution is 2.19. The first-order valence-electron chi connectivity index (χ1n) is 6.80. The minimum absolute atomic E-state index is 0.0855. The van der Waals surface area contributed by atoms with Gasteiger partial charge in [0.05, 0.1) is 11.6 Å². The lowest BCUT2D eigenvalue weighted by atomic mass is 10.2. The van der Waals surface area contributed by atoms with Crippen molar-refractivity contribution < 1.29 is 14.0 Å². The second-order valence-electron chi connectivity index (χ2n) is 4.64. The minimum atomic E-state index is -0.566. The molecule has 4 nitrogen and oxygen atoms in total. The molecule has 2 amide bonds. The van der Waals surface area contributed by atoms with Crippen LogP contribution in [-0.4, -0.2) is 18.4 Å². The van der Waals surface area contributed by atoms with Gasteiger partial charge in [-0.1, -0.05) is 41.9 Å². The number of carbonyl (C=O) groups excluding carboxylic acids is 2. The maximum absolute atomic E-state index is 13.0. The van der Waals surface area contributed by atoms with Crippen LogP contribution in [0.15, 0.2) is 54.6 Å². The Hall–Kier alpha value is -2.66. The highest BCUT2D eigenvalue weighted by atomic mass is 35.5. The Bertz CT molecular complexity index is 733. The van der Waals surface area contributed by atoms with E-state index in [2.05, 4.69) is 10.6 Å². The molecule has 0 fully saturated rings. The summed E-state index contributed by atoms with van der Waals surface area (Å²) in [6.45, 7) is -0.201. The Morgan fingerprint density at radius 2 is 1.87 bits per heavy atom. The normalized spacial score (nSPS) is 10.5. The summed E-state index contributed by atoms with van der Waals surface area (Å²) in [7, 11) is 0. The van der Waals surface area contributed by atoms with E-state index in [0.717, 1.165) is 11.6 Å². The lowest BCUT2D eigenvalue weighted by molar-refractivity contribution is -0.121. The van der Waals surface area contributed by atoms with Crippen molar-refractivity contribution in [3.63, 3.8) is 0 Å². The third kappa shape index (κ3) is 5.56. The molecule has 23 heavy (non-hydrogen) atoms. The molecule has 0 aliphatic carbocycles. The fourth-order valence-corrected chi connectivity index (χ4v) is 1.92. The standard InChI is InChI=1S/C17H14ClFN2O2/c18-14-10-13(7-8-15(14)19)21-17(23)11-20-16(22)9-6-12-4-2-1-3-5-12/h1-10H,11H2,(H,20,22)(H,21,23). The summed E-state index contributed by atoms with van der Waals surface area (Å²) in [6, 6.07) is 13.1. The zero-order valence-electron chi connectivity index (χ0n) is 12.1. The van der Waals surface area contributed by atoms with E-state index in [1.807, 2.05) is 30.3 Å². The van der Waals surface area contributed by atoms with E-state index < -0.39 is 11.7 Å². The van der Waals surface area contributed by atoms with Crippen LogP contribution in [0.4, 0.5) is 10.1 Å². The molecule has 0 spiro atoms. The molecule has 0 atom stereocenters. The Labute approximate surface area is 138 Å². The largest absolute Gasteiger partial charge is 0.343 e. The molecule has 0 saturated heterocycles. The lowest BCUT2D eigenvalue weighted by Gasteiger charge is -2.06. The summed E-state index contributed by atoms with van der Waals surface area (Å²) in [5, 5.41) is 4.88. The average molecular weight is 333 g/mol. The summed E-state index contributed by atoms with van der Waals surface area (Å²) < 4.78 is 13.0. The van der Waals surface area contributed by atoms with Crippen LogP contribution in [0, 0.1) is 5.82 Å². The fraction of sp³-hybridized carbons (Fsp3) is 0.0588. The van der Waals surface area contributed by atoms with Gasteiger partial charge in [0, 0.05) is 11.8 Å². The molecule has 0 aromatic heterocycles. The number of hydrogen-bond acceptors (Lipinski definition) is 2. The maximum Gasteiger partial charge on any atom is 0.244 e. The molecule has 0 radical (unpaired) electrons. The number of rotatable bonds is 5. The fourth-order valence-electron chi connectivity index (χ4n) is 1.74. The molecule has 118 valence electrons. The third-order valence-corrected chi connectivity index (χ3v) is 3.14. The van der Waals surface area contributed by atoms with Crippen LogP contribution in [0.25, 0.3) is 6.08 Å². The van der Waals surface area contributed by atoms with Gasteiger partial charge in [0.25, 0.3) is 0 Å². The quantitative estimate of drug-likeness (QED) is 0.826. The molecule has 0 heterocycles. The second-order valence-corrected chi connectivity index (χ2v) is 5.05. The van der Waals surface area contributed by atoms with E-state index in [1.165, 1.54) is 18.2 Å². The molecule has 6 heteroatoms. The molecule has 2 rings (SSSR count). The predicted molar refractivity (Wildman–Crippen MR) is 88.5 cm³/mol. The van der Waals surface area contributed by atoms with Crippen LogP contribution < -0.4 is 10.6 Å². The van der Waals surface area contributed by atoms with Gasteiger partial charge in [0.15, 0.2) is 0 Å².